The van der Waals surface area contributed by atoms with E-state index < -0.39 is 5.24 Å². The number of hydrogen-bond acceptors (Lipinski definition) is 5. The number of amides is 1. The zero-order chi connectivity index (χ0) is 15.8. The van der Waals surface area contributed by atoms with Crippen molar-refractivity contribution in [2.45, 2.75) is 6.42 Å². The highest BCUT2D eigenvalue weighted by atomic mass is 35.5. The molecule has 1 aliphatic rings. The summed E-state index contributed by atoms with van der Waals surface area (Å²) in [6.45, 7) is 0.0311. The zero-order valence-electron chi connectivity index (χ0n) is 11.2. The van der Waals surface area contributed by atoms with Crippen molar-refractivity contribution >= 4 is 46.0 Å². The fourth-order valence-corrected chi connectivity index (χ4v) is 1.48. The Morgan fingerprint density at radius 2 is 2.10 bits per heavy atom. The lowest BCUT2D eigenvalue weighted by Gasteiger charge is -2.18. The molecule has 0 aliphatic carbocycles. The molecule has 0 atom stereocenters. The molecule has 0 bridgehead atoms. The topological polar surface area (TPSA) is 81.7 Å². The first kappa shape index (κ1) is 17.3. The van der Waals surface area contributed by atoms with E-state index in [-0.39, 0.29) is 30.8 Å². The number of nitrogens with one attached hydrogen (secondary N) is 1. The molecule has 0 fully saturated rings. The Labute approximate surface area is 131 Å². The number of rotatable bonds is 3. The Balaban J connectivity index is 0.000000383. The molecule has 1 aromatic carbocycles. The molecule has 1 aromatic rings. The number of alkyl halides is 1. The van der Waals surface area contributed by atoms with Crippen LogP contribution in [0.15, 0.2) is 18.2 Å². The van der Waals surface area contributed by atoms with Gasteiger partial charge in [-0.25, -0.2) is 0 Å². The lowest BCUT2D eigenvalue weighted by atomic mass is 10.1. The minimum Gasteiger partial charge on any atom is -0.482 e. The molecular formula is C13H13Cl2NO5. The predicted octanol–water partition coefficient (Wildman–Crippen LogP) is 1.72. The van der Waals surface area contributed by atoms with Crippen LogP contribution in [0.1, 0.15) is 5.56 Å². The summed E-state index contributed by atoms with van der Waals surface area (Å²) in [5.41, 5.74) is 1.37. The maximum absolute atomic E-state index is 11.1. The van der Waals surface area contributed by atoms with Gasteiger partial charge in [0.1, 0.15) is 5.75 Å². The average molecular weight is 334 g/mol. The number of hydrogen-bond donors (Lipinski definition) is 1. The van der Waals surface area contributed by atoms with E-state index in [1.54, 1.807) is 18.2 Å². The molecule has 0 radical (unpaired) electrons. The van der Waals surface area contributed by atoms with Gasteiger partial charge >= 0.3 is 5.97 Å². The van der Waals surface area contributed by atoms with Crippen LogP contribution in [0.2, 0.25) is 0 Å². The summed E-state index contributed by atoms with van der Waals surface area (Å²) in [6, 6.07) is 5.21. The van der Waals surface area contributed by atoms with Crippen molar-refractivity contribution in [2.24, 2.45) is 0 Å². The molecule has 1 N–H and O–H groups in total. The summed E-state index contributed by atoms with van der Waals surface area (Å²) in [4.78, 5) is 31.6. The Kier molecular flexibility index (Phi) is 6.98. The summed E-state index contributed by atoms with van der Waals surface area (Å²) in [5.74, 6) is 0.0144. The second-order valence-electron chi connectivity index (χ2n) is 3.91. The zero-order valence-corrected chi connectivity index (χ0v) is 12.7. The summed E-state index contributed by atoms with van der Waals surface area (Å²) in [5, 5.41) is 2.17. The van der Waals surface area contributed by atoms with Crippen molar-refractivity contribution in [1.82, 2.24) is 0 Å². The molecule has 6 nitrogen and oxygen atoms in total. The molecular weight excluding hydrogens is 321 g/mol. The summed E-state index contributed by atoms with van der Waals surface area (Å²) < 4.78 is 9.76. The molecule has 0 spiro atoms. The Bertz CT molecular complexity index is 547. The van der Waals surface area contributed by atoms with E-state index in [2.05, 4.69) is 10.1 Å². The molecule has 1 amide bonds. The van der Waals surface area contributed by atoms with Crippen LogP contribution < -0.4 is 10.1 Å². The Hall–Kier alpha value is -1.79. The van der Waals surface area contributed by atoms with E-state index in [0.29, 0.717) is 11.4 Å². The van der Waals surface area contributed by atoms with Gasteiger partial charge in [0, 0.05) is 0 Å². The second kappa shape index (κ2) is 8.49. The first-order valence-corrected chi connectivity index (χ1v) is 6.74. The van der Waals surface area contributed by atoms with Crippen LogP contribution in [-0.4, -0.2) is 36.7 Å². The monoisotopic (exact) mass is 333 g/mol. The van der Waals surface area contributed by atoms with E-state index in [1.807, 2.05) is 0 Å². The minimum atomic E-state index is -0.508. The lowest BCUT2D eigenvalue weighted by Crippen LogP contribution is -2.25. The van der Waals surface area contributed by atoms with Gasteiger partial charge in [0.05, 0.1) is 25.1 Å². The molecule has 0 unspecified atom stereocenters. The molecule has 1 aliphatic heterocycles. The van der Waals surface area contributed by atoms with Crippen molar-refractivity contribution in [2.75, 3.05) is 24.9 Å². The number of carbonyl (C=O) groups excluding carboxylic acids is 3. The molecule has 8 heteroatoms. The van der Waals surface area contributed by atoms with Crippen LogP contribution in [-0.2, 0) is 25.5 Å². The quantitative estimate of drug-likeness (QED) is 0.517. The Morgan fingerprint density at radius 1 is 1.43 bits per heavy atom. The van der Waals surface area contributed by atoms with E-state index in [4.69, 9.17) is 27.9 Å². The van der Waals surface area contributed by atoms with Gasteiger partial charge in [0.25, 0.3) is 5.91 Å². The number of anilines is 1. The third-order valence-corrected chi connectivity index (χ3v) is 2.87. The molecule has 0 saturated carbocycles. The van der Waals surface area contributed by atoms with Crippen LogP contribution in [0.4, 0.5) is 5.69 Å². The van der Waals surface area contributed by atoms with Crippen molar-refractivity contribution in [3.8, 4) is 5.75 Å². The SMILES string of the molecule is COC(=O)Cc1ccc2c(c1)NC(=O)CO2.O=C(Cl)CCl. The highest BCUT2D eigenvalue weighted by Gasteiger charge is 2.16. The van der Waals surface area contributed by atoms with Gasteiger partial charge in [-0.3, -0.25) is 14.4 Å². The first-order valence-electron chi connectivity index (χ1n) is 5.83. The highest BCUT2D eigenvalue weighted by Crippen LogP contribution is 2.28. The van der Waals surface area contributed by atoms with Crippen molar-refractivity contribution < 1.29 is 23.9 Å². The third kappa shape index (κ3) is 6.01. The molecule has 21 heavy (non-hydrogen) atoms. The average Bonchev–Trinajstić information content (AvgIpc) is 2.47. The Morgan fingerprint density at radius 3 is 2.67 bits per heavy atom. The van der Waals surface area contributed by atoms with Gasteiger partial charge in [-0.05, 0) is 29.3 Å². The third-order valence-electron chi connectivity index (χ3n) is 2.36. The van der Waals surface area contributed by atoms with Gasteiger partial charge in [-0.15, -0.1) is 11.6 Å². The molecule has 1 heterocycles. The molecule has 2 rings (SSSR count). The maximum Gasteiger partial charge on any atom is 0.309 e. The van der Waals surface area contributed by atoms with E-state index in [0.717, 1.165) is 5.56 Å². The van der Waals surface area contributed by atoms with Gasteiger partial charge in [-0.1, -0.05) is 6.07 Å². The fraction of sp³-hybridized carbons (Fsp3) is 0.308. The number of ether oxygens (including phenoxy) is 2. The van der Waals surface area contributed by atoms with Crippen LogP contribution >= 0.6 is 23.2 Å². The van der Waals surface area contributed by atoms with Gasteiger partial charge in [0.2, 0.25) is 5.24 Å². The fourth-order valence-electron chi connectivity index (χ4n) is 1.48. The first-order chi connectivity index (χ1) is 9.96. The maximum atomic E-state index is 11.1. The standard InChI is InChI=1S/C11H11NO4.C2H2Cl2O/c1-15-11(14)5-7-2-3-9-8(4-7)12-10(13)6-16-9;3-1-2(4)5/h2-4H,5-6H2,1H3,(H,12,13);1H2. The lowest BCUT2D eigenvalue weighted by molar-refractivity contribution is -0.139. The van der Waals surface area contributed by atoms with Gasteiger partial charge in [-0.2, -0.15) is 0 Å². The van der Waals surface area contributed by atoms with Gasteiger partial charge < -0.3 is 14.8 Å². The molecule has 114 valence electrons. The summed E-state index contributed by atoms with van der Waals surface area (Å²) in [7, 11) is 1.34. The van der Waals surface area contributed by atoms with E-state index >= 15 is 0 Å². The van der Waals surface area contributed by atoms with Crippen molar-refractivity contribution in [1.29, 1.82) is 0 Å². The van der Waals surface area contributed by atoms with Gasteiger partial charge in [0.15, 0.2) is 6.61 Å². The smallest absolute Gasteiger partial charge is 0.309 e. The highest BCUT2D eigenvalue weighted by molar-refractivity contribution is 6.67. The summed E-state index contributed by atoms with van der Waals surface area (Å²) >= 11 is 9.55. The number of methoxy groups -OCH3 is 1. The normalized spacial score (nSPS) is 12.0. The number of halogens is 2. The van der Waals surface area contributed by atoms with E-state index in [9.17, 15) is 14.4 Å². The van der Waals surface area contributed by atoms with Crippen LogP contribution in [0.25, 0.3) is 0 Å². The van der Waals surface area contributed by atoms with Crippen LogP contribution in [0.3, 0.4) is 0 Å². The number of benzene rings is 1. The number of fused-ring (bicyclic) bond motifs is 1. The molecule has 0 aromatic heterocycles. The molecule has 0 saturated heterocycles. The number of esters is 1. The largest absolute Gasteiger partial charge is 0.482 e. The van der Waals surface area contributed by atoms with Crippen LogP contribution in [0.5, 0.6) is 5.75 Å². The number of carbonyl (C=O) groups is 3. The second-order valence-corrected chi connectivity index (χ2v) is 4.60. The van der Waals surface area contributed by atoms with Crippen molar-refractivity contribution in [3.63, 3.8) is 0 Å². The predicted molar refractivity (Wildman–Crippen MR) is 77.9 cm³/mol. The van der Waals surface area contributed by atoms with Crippen molar-refractivity contribution in [3.05, 3.63) is 23.8 Å². The van der Waals surface area contributed by atoms with E-state index in [1.165, 1.54) is 7.11 Å². The minimum absolute atomic E-state index is 0.0311. The summed E-state index contributed by atoms with van der Waals surface area (Å²) in [6.07, 6.45) is 0.180. The van der Waals surface area contributed by atoms with Crippen LogP contribution in [0, 0.1) is 0 Å².